The lowest BCUT2D eigenvalue weighted by Crippen LogP contribution is -1.98. The maximum absolute atomic E-state index is 8.20. The molecule has 0 saturated carbocycles. The van der Waals surface area contributed by atoms with E-state index in [-0.39, 0.29) is 6.04 Å². The van der Waals surface area contributed by atoms with Crippen LogP contribution in [0.15, 0.2) is 17.5 Å². The number of azide groups is 1. The molecule has 1 heterocycles. The van der Waals surface area contributed by atoms with Gasteiger partial charge in [0.05, 0.1) is 17.4 Å². The van der Waals surface area contributed by atoms with E-state index in [0.29, 0.717) is 0 Å². The van der Waals surface area contributed by atoms with Gasteiger partial charge < -0.3 is 0 Å². The average molecular weight is 163 g/mol. The molecule has 0 radical (unpaired) electrons. The van der Waals surface area contributed by atoms with Crippen molar-refractivity contribution >= 4 is 0 Å². The Bertz CT molecular complexity index is 315. The van der Waals surface area contributed by atoms with E-state index in [4.69, 9.17) is 5.53 Å². The fraction of sp³-hybridized carbons (Fsp3) is 0.429. The monoisotopic (exact) mass is 163 g/mol. The molecule has 0 aromatic carbocycles. The van der Waals surface area contributed by atoms with Crippen LogP contribution in [0.2, 0.25) is 0 Å². The molecule has 5 nitrogen and oxygen atoms in total. The summed E-state index contributed by atoms with van der Waals surface area (Å²) in [5, 5.41) is 3.53. The van der Waals surface area contributed by atoms with Crippen molar-refractivity contribution in [3.8, 4) is 0 Å². The molecular weight excluding hydrogens is 154 g/mol. The van der Waals surface area contributed by atoms with Crippen molar-refractivity contribution in [1.29, 1.82) is 0 Å². The molecule has 0 unspecified atom stereocenters. The molecule has 1 rings (SSSR count). The average Bonchev–Trinajstić information content (AvgIpc) is 2.05. The normalized spacial score (nSPS) is 11.8. The first kappa shape index (κ1) is 8.49. The lowest BCUT2D eigenvalue weighted by Gasteiger charge is -2.04. The highest BCUT2D eigenvalue weighted by Crippen LogP contribution is 2.15. The highest BCUT2D eigenvalue weighted by atomic mass is 15.2. The Balaban J connectivity index is 3.02. The predicted molar refractivity (Wildman–Crippen MR) is 44.3 cm³/mol. The van der Waals surface area contributed by atoms with E-state index in [2.05, 4.69) is 20.0 Å². The zero-order valence-corrected chi connectivity index (χ0v) is 6.97. The van der Waals surface area contributed by atoms with Crippen molar-refractivity contribution < 1.29 is 0 Å². The largest absolute Gasteiger partial charge is 0.258 e. The molecule has 0 aliphatic heterocycles. The van der Waals surface area contributed by atoms with Crippen LogP contribution in [0.25, 0.3) is 10.4 Å². The Morgan fingerprint density at radius 1 is 1.50 bits per heavy atom. The molecule has 5 heteroatoms. The van der Waals surface area contributed by atoms with Crippen LogP contribution in [-0.2, 0) is 0 Å². The molecular formula is C7H9N5. The summed E-state index contributed by atoms with van der Waals surface area (Å²) in [7, 11) is 0. The molecule has 0 N–H and O–H groups in total. The minimum atomic E-state index is -0.247. The summed E-state index contributed by atoms with van der Waals surface area (Å²) in [5.74, 6) is 0. The molecule has 0 aliphatic rings. The first-order chi connectivity index (χ1) is 5.75. The van der Waals surface area contributed by atoms with Gasteiger partial charge in [-0.15, -0.1) is 0 Å². The van der Waals surface area contributed by atoms with Crippen LogP contribution in [0.5, 0.6) is 0 Å². The van der Waals surface area contributed by atoms with Crippen LogP contribution >= 0.6 is 0 Å². The molecule has 1 atom stereocenters. The van der Waals surface area contributed by atoms with Gasteiger partial charge in [-0.3, -0.25) is 9.97 Å². The van der Waals surface area contributed by atoms with Crippen molar-refractivity contribution in [2.45, 2.75) is 19.9 Å². The summed E-state index contributed by atoms with van der Waals surface area (Å²) in [4.78, 5) is 10.8. The quantitative estimate of drug-likeness (QED) is 0.380. The molecule has 0 bridgehead atoms. The van der Waals surface area contributed by atoms with Gasteiger partial charge in [0.2, 0.25) is 0 Å². The third-order valence-corrected chi connectivity index (χ3v) is 1.54. The van der Waals surface area contributed by atoms with Crippen LogP contribution in [0.3, 0.4) is 0 Å². The molecule has 62 valence electrons. The van der Waals surface area contributed by atoms with E-state index in [0.717, 1.165) is 11.4 Å². The zero-order chi connectivity index (χ0) is 8.97. The van der Waals surface area contributed by atoms with Gasteiger partial charge in [-0.1, -0.05) is 12.0 Å². The van der Waals surface area contributed by atoms with Gasteiger partial charge >= 0.3 is 0 Å². The molecule has 12 heavy (non-hydrogen) atoms. The fourth-order valence-electron chi connectivity index (χ4n) is 0.961. The third kappa shape index (κ3) is 1.71. The SMILES string of the molecule is Cc1nccnc1[C@@H](C)N=[N+]=[N-]. The second kappa shape index (κ2) is 3.69. The Morgan fingerprint density at radius 3 is 2.75 bits per heavy atom. The molecule has 0 saturated heterocycles. The van der Waals surface area contributed by atoms with Crippen LogP contribution in [0.1, 0.15) is 24.4 Å². The molecule has 1 aromatic heterocycles. The summed E-state index contributed by atoms with van der Waals surface area (Å²) < 4.78 is 0. The molecule has 0 spiro atoms. The maximum atomic E-state index is 8.20. The topological polar surface area (TPSA) is 74.5 Å². The van der Waals surface area contributed by atoms with Crippen molar-refractivity contribution in [3.05, 3.63) is 34.2 Å². The highest BCUT2D eigenvalue weighted by molar-refractivity contribution is 5.12. The smallest absolute Gasteiger partial charge is 0.0788 e. The van der Waals surface area contributed by atoms with Crippen molar-refractivity contribution in [3.63, 3.8) is 0 Å². The van der Waals surface area contributed by atoms with E-state index in [1.807, 2.05) is 6.92 Å². The molecule has 0 aliphatic carbocycles. The van der Waals surface area contributed by atoms with Crippen molar-refractivity contribution in [2.24, 2.45) is 5.11 Å². The molecule has 0 fully saturated rings. The summed E-state index contributed by atoms with van der Waals surface area (Å²) in [6.45, 7) is 3.63. The minimum Gasteiger partial charge on any atom is -0.258 e. The van der Waals surface area contributed by atoms with Gasteiger partial charge in [0.15, 0.2) is 0 Å². The van der Waals surface area contributed by atoms with E-state index in [9.17, 15) is 0 Å². The van der Waals surface area contributed by atoms with Gasteiger partial charge in [0.25, 0.3) is 0 Å². The van der Waals surface area contributed by atoms with Gasteiger partial charge in [-0.05, 0) is 12.5 Å². The van der Waals surface area contributed by atoms with E-state index < -0.39 is 0 Å². The van der Waals surface area contributed by atoms with Gasteiger partial charge in [0, 0.05) is 17.3 Å². The number of hydrogen-bond acceptors (Lipinski definition) is 3. The maximum Gasteiger partial charge on any atom is 0.0788 e. The summed E-state index contributed by atoms with van der Waals surface area (Å²) >= 11 is 0. The number of aromatic nitrogens is 2. The van der Waals surface area contributed by atoms with Gasteiger partial charge in [-0.2, -0.15) is 0 Å². The van der Waals surface area contributed by atoms with Gasteiger partial charge in [0.1, 0.15) is 0 Å². The number of hydrogen-bond donors (Lipinski definition) is 0. The predicted octanol–water partition coefficient (Wildman–Crippen LogP) is 2.16. The Kier molecular flexibility index (Phi) is 2.61. The Hall–Kier alpha value is -1.61. The summed E-state index contributed by atoms with van der Waals surface area (Å²) in [6, 6.07) is -0.247. The second-order valence-electron chi connectivity index (χ2n) is 2.41. The summed E-state index contributed by atoms with van der Waals surface area (Å²) in [5.41, 5.74) is 9.73. The fourth-order valence-corrected chi connectivity index (χ4v) is 0.961. The third-order valence-electron chi connectivity index (χ3n) is 1.54. The minimum absolute atomic E-state index is 0.247. The Labute approximate surface area is 70.1 Å². The number of aryl methyl sites for hydroxylation is 1. The summed E-state index contributed by atoms with van der Waals surface area (Å²) in [6.07, 6.45) is 3.20. The first-order valence-corrected chi connectivity index (χ1v) is 3.57. The lowest BCUT2D eigenvalue weighted by molar-refractivity contribution is 0.752. The Morgan fingerprint density at radius 2 is 2.17 bits per heavy atom. The van der Waals surface area contributed by atoms with E-state index in [1.54, 1.807) is 19.3 Å². The zero-order valence-electron chi connectivity index (χ0n) is 6.97. The van der Waals surface area contributed by atoms with Gasteiger partial charge in [-0.25, -0.2) is 0 Å². The number of rotatable bonds is 2. The molecule has 1 aromatic rings. The van der Waals surface area contributed by atoms with Crippen LogP contribution in [-0.4, -0.2) is 9.97 Å². The van der Waals surface area contributed by atoms with E-state index in [1.165, 1.54) is 0 Å². The highest BCUT2D eigenvalue weighted by Gasteiger charge is 2.07. The van der Waals surface area contributed by atoms with Crippen molar-refractivity contribution in [2.75, 3.05) is 0 Å². The standard InChI is InChI=1S/C7H9N5/c1-5-7(6(2)11-12-8)10-4-3-9-5/h3-4,6H,1-2H3/t6-/m1/s1. The molecule has 0 amide bonds. The van der Waals surface area contributed by atoms with Crippen LogP contribution in [0.4, 0.5) is 0 Å². The first-order valence-electron chi connectivity index (χ1n) is 3.57. The van der Waals surface area contributed by atoms with E-state index >= 15 is 0 Å². The number of nitrogens with zero attached hydrogens (tertiary/aromatic N) is 5. The van der Waals surface area contributed by atoms with Crippen LogP contribution < -0.4 is 0 Å². The second-order valence-corrected chi connectivity index (χ2v) is 2.41. The lowest BCUT2D eigenvalue weighted by atomic mass is 10.2. The van der Waals surface area contributed by atoms with Crippen LogP contribution in [0, 0.1) is 6.92 Å². The van der Waals surface area contributed by atoms with Crippen molar-refractivity contribution in [1.82, 2.24) is 9.97 Å².